The van der Waals surface area contributed by atoms with Gasteiger partial charge in [0.25, 0.3) is 0 Å². The highest BCUT2D eigenvalue weighted by molar-refractivity contribution is 5.62. The van der Waals surface area contributed by atoms with Gasteiger partial charge in [-0.3, -0.25) is 9.47 Å². The van der Waals surface area contributed by atoms with Gasteiger partial charge in [-0.15, -0.1) is 10.2 Å². The average Bonchev–Trinajstić information content (AvgIpc) is 3.38. The van der Waals surface area contributed by atoms with Crippen LogP contribution in [-0.2, 0) is 6.42 Å². The van der Waals surface area contributed by atoms with Gasteiger partial charge in [-0.2, -0.15) is 0 Å². The summed E-state index contributed by atoms with van der Waals surface area (Å²) < 4.78 is 19.2. The van der Waals surface area contributed by atoms with Crippen molar-refractivity contribution in [2.45, 2.75) is 26.3 Å². The monoisotopic (exact) mass is 392 g/mol. The average molecular weight is 392 g/mol. The van der Waals surface area contributed by atoms with E-state index in [-0.39, 0.29) is 12.8 Å². The molecule has 0 spiro atoms. The van der Waals surface area contributed by atoms with Gasteiger partial charge in [0.1, 0.15) is 6.33 Å². The predicted molar refractivity (Wildman–Crippen MR) is 108 cm³/mol. The van der Waals surface area contributed by atoms with Gasteiger partial charge >= 0.3 is 0 Å². The Bertz CT molecular complexity index is 1090. The molecule has 2 aliphatic rings. The van der Waals surface area contributed by atoms with Crippen LogP contribution in [-0.4, -0.2) is 47.2 Å². The van der Waals surface area contributed by atoms with Gasteiger partial charge in [-0.1, -0.05) is 6.07 Å². The van der Waals surface area contributed by atoms with Crippen molar-refractivity contribution >= 4 is 0 Å². The molecule has 150 valence electrons. The molecule has 0 aliphatic carbocycles. The first-order chi connectivity index (χ1) is 14.1. The number of likely N-dealkylation sites (N-methyl/N-ethyl adjacent to an activating group) is 1. The van der Waals surface area contributed by atoms with E-state index < -0.39 is 0 Å². The predicted octanol–water partition coefficient (Wildman–Crippen LogP) is 3.20. The smallest absolute Gasteiger partial charge is 0.231 e. The van der Waals surface area contributed by atoms with Gasteiger partial charge in [0.05, 0.1) is 13.2 Å². The van der Waals surface area contributed by atoms with Crippen molar-refractivity contribution < 1.29 is 14.2 Å². The number of aryl methyl sites for hydroxylation is 2. The Hall–Kier alpha value is -3.06. The van der Waals surface area contributed by atoms with Crippen LogP contribution in [0.25, 0.3) is 5.69 Å². The summed E-state index contributed by atoms with van der Waals surface area (Å²) in [5.41, 5.74) is 5.82. The van der Waals surface area contributed by atoms with E-state index >= 15 is 0 Å². The van der Waals surface area contributed by atoms with E-state index in [9.17, 15) is 0 Å². The van der Waals surface area contributed by atoms with Crippen molar-refractivity contribution in [1.29, 1.82) is 0 Å². The normalized spacial score (nSPS) is 18.0. The molecule has 0 radical (unpaired) electrons. The van der Waals surface area contributed by atoms with E-state index in [1.807, 2.05) is 0 Å². The van der Waals surface area contributed by atoms with Crippen LogP contribution in [0.4, 0.5) is 0 Å². The molecular weight excluding hydrogens is 368 g/mol. The zero-order chi connectivity index (χ0) is 20.1. The summed E-state index contributed by atoms with van der Waals surface area (Å²) in [6, 6.07) is 8.38. The second-order valence-electron chi connectivity index (χ2n) is 7.68. The lowest BCUT2D eigenvalue weighted by Gasteiger charge is -2.35. The minimum Gasteiger partial charge on any atom is -0.492 e. The molecule has 1 atom stereocenters. The molecule has 1 aromatic heterocycles. The van der Waals surface area contributed by atoms with Gasteiger partial charge in [-0.05, 0) is 62.2 Å². The maximum absolute atomic E-state index is 5.82. The lowest BCUT2D eigenvalue weighted by Crippen LogP contribution is -2.34. The van der Waals surface area contributed by atoms with Gasteiger partial charge in [-0.25, -0.2) is 0 Å². The van der Waals surface area contributed by atoms with Crippen LogP contribution in [0.2, 0.25) is 0 Å². The minimum absolute atomic E-state index is 0.104. The lowest BCUT2D eigenvalue weighted by atomic mass is 9.90. The highest BCUT2D eigenvalue weighted by atomic mass is 16.7. The Morgan fingerprint density at radius 1 is 1.14 bits per heavy atom. The molecule has 0 bridgehead atoms. The molecule has 3 heterocycles. The van der Waals surface area contributed by atoms with Gasteiger partial charge in [0, 0.05) is 17.8 Å². The number of ether oxygens (including phenoxy) is 3. The largest absolute Gasteiger partial charge is 0.492 e. The van der Waals surface area contributed by atoms with E-state index in [0.717, 1.165) is 41.5 Å². The molecule has 0 saturated carbocycles. The summed E-state index contributed by atoms with van der Waals surface area (Å²) in [5.74, 6) is 3.00. The molecule has 1 unspecified atom stereocenters. The van der Waals surface area contributed by atoms with Crippen LogP contribution in [0.5, 0.6) is 17.2 Å². The molecule has 0 saturated heterocycles. The third kappa shape index (κ3) is 2.76. The van der Waals surface area contributed by atoms with E-state index in [2.05, 4.69) is 64.8 Å². The Kier molecular flexibility index (Phi) is 4.20. The summed E-state index contributed by atoms with van der Waals surface area (Å²) in [4.78, 5) is 2.29. The van der Waals surface area contributed by atoms with Crippen molar-refractivity contribution in [3.05, 3.63) is 58.7 Å². The maximum atomic E-state index is 5.82. The number of nitrogens with zero attached hydrogens (tertiary/aromatic N) is 4. The van der Waals surface area contributed by atoms with Crippen LogP contribution in [0, 0.1) is 13.8 Å². The zero-order valence-corrected chi connectivity index (χ0v) is 17.1. The Labute approximate surface area is 169 Å². The van der Waals surface area contributed by atoms with Crippen molar-refractivity contribution in [1.82, 2.24) is 19.7 Å². The highest BCUT2D eigenvalue weighted by Crippen LogP contribution is 2.50. The number of hydrogen-bond acceptors (Lipinski definition) is 6. The summed E-state index contributed by atoms with van der Waals surface area (Å²) >= 11 is 0. The van der Waals surface area contributed by atoms with E-state index in [1.54, 1.807) is 13.4 Å². The molecule has 29 heavy (non-hydrogen) atoms. The highest BCUT2D eigenvalue weighted by Gasteiger charge is 2.37. The number of fused-ring (bicyclic) bond motifs is 2. The van der Waals surface area contributed by atoms with Crippen molar-refractivity contribution in [3.63, 3.8) is 0 Å². The zero-order valence-electron chi connectivity index (χ0n) is 17.1. The van der Waals surface area contributed by atoms with Crippen molar-refractivity contribution in [2.24, 2.45) is 0 Å². The van der Waals surface area contributed by atoms with Gasteiger partial charge < -0.3 is 14.2 Å². The van der Waals surface area contributed by atoms with Crippen LogP contribution in [0.1, 0.15) is 34.1 Å². The molecule has 7 heteroatoms. The Morgan fingerprint density at radius 3 is 2.79 bits per heavy atom. The standard InChI is InChI=1S/C22H24N4O3/c1-13-5-6-16(9-14(13)2)26-11-23-24-22(26)19-18-15(7-8-25(19)3)10-17-20(21(18)27-4)29-12-28-17/h5-6,9-11,19H,7-8,12H2,1-4H3. The fraction of sp³-hybridized carbons (Fsp3) is 0.364. The molecule has 5 rings (SSSR count). The molecule has 2 aromatic carbocycles. The number of benzene rings is 2. The second-order valence-corrected chi connectivity index (χ2v) is 7.68. The summed E-state index contributed by atoms with van der Waals surface area (Å²) in [6.07, 6.45) is 2.69. The van der Waals surface area contributed by atoms with Crippen LogP contribution < -0.4 is 14.2 Å². The first kappa shape index (κ1) is 18.0. The van der Waals surface area contributed by atoms with E-state index in [1.165, 1.54) is 16.7 Å². The fourth-order valence-electron chi connectivity index (χ4n) is 4.26. The number of aromatic nitrogens is 3. The SMILES string of the molecule is COc1c2c(cc3c1C(c1nncn1-c1ccc(C)c(C)c1)N(C)CC3)OCO2. The summed E-state index contributed by atoms with van der Waals surface area (Å²) in [6.45, 7) is 5.35. The molecule has 7 nitrogen and oxygen atoms in total. The van der Waals surface area contributed by atoms with Crippen LogP contribution >= 0.6 is 0 Å². The van der Waals surface area contributed by atoms with Crippen molar-refractivity contribution in [2.75, 3.05) is 27.5 Å². The molecule has 3 aromatic rings. The van der Waals surface area contributed by atoms with Crippen LogP contribution in [0.3, 0.4) is 0 Å². The summed E-state index contributed by atoms with van der Waals surface area (Å²) in [5, 5.41) is 8.78. The van der Waals surface area contributed by atoms with Gasteiger partial charge in [0.2, 0.25) is 12.5 Å². The Balaban J connectivity index is 1.69. The topological polar surface area (TPSA) is 61.6 Å². The maximum Gasteiger partial charge on any atom is 0.231 e. The fourth-order valence-corrected chi connectivity index (χ4v) is 4.26. The minimum atomic E-state index is -0.104. The molecular formula is C22H24N4O3. The van der Waals surface area contributed by atoms with Gasteiger partial charge in [0.15, 0.2) is 17.3 Å². The molecule has 0 fully saturated rings. The first-order valence-corrected chi connectivity index (χ1v) is 9.75. The lowest BCUT2D eigenvalue weighted by molar-refractivity contribution is 0.170. The molecule has 0 amide bonds. The third-order valence-corrected chi connectivity index (χ3v) is 5.98. The second kappa shape index (κ2) is 6.77. The number of methoxy groups -OCH3 is 1. The molecule has 2 aliphatic heterocycles. The number of rotatable bonds is 3. The number of hydrogen-bond donors (Lipinski definition) is 0. The first-order valence-electron chi connectivity index (χ1n) is 9.75. The quantitative estimate of drug-likeness (QED) is 0.682. The van der Waals surface area contributed by atoms with E-state index in [4.69, 9.17) is 14.2 Å². The van der Waals surface area contributed by atoms with Crippen molar-refractivity contribution in [3.8, 4) is 22.9 Å². The molecule has 0 N–H and O–H groups in total. The third-order valence-electron chi connectivity index (χ3n) is 5.98. The Morgan fingerprint density at radius 2 is 2.00 bits per heavy atom. The summed E-state index contributed by atoms with van der Waals surface area (Å²) in [7, 11) is 3.79. The van der Waals surface area contributed by atoms with Crippen LogP contribution in [0.15, 0.2) is 30.6 Å². The van der Waals surface area contributed by atoms with E-state index in [0.29, 0.717) is 5.75 Å².